The highest BCUT2D eigenvalue weighted by Gasteiger charge is 2.16. The first kappa shape index (κ1) is 15.0. The molecule has 0 bridgehead atoms. The number of nitrogens with zero attached hydrogens (tertiary/aromatic N) is 2. The molecule has 2 N–H and O–H groups in total. The first-order valence-electron chi connectivity index (χ1n) is 8.10. The molecule has 0 aliphatic carbocycles. The lowest BCUT2D eigenvalue weighted by Crippen LogP contribution is -2.05. The summed E-state index contributed by atoms with van der Waals surface area (Å²) in [5, 5.41) is 1.69. The van der Waals surface area contributed by atoms with Gasteiger partial charge in [-0.2, -0.15) is 4.98 Å². The van der Waals surface area contributed by atoms with Crippen molar-refractivity contribution in [1.29, 1.82) is 0 Å². The van der Waals surface area contributed by atoms with Gasteiger partial charge in [-0.3, -0.25) is 4.79 Å². The van der Waals surface area contributed by atoms with Gasteiger partial charge in [0.1, 0.15) is 16.4 Å². The summed E-state index contributed by atoms with van der Waals surface area (Å²) in [6.07, 6.45) is 0. The van der Waals surface area contributed by atoms with E-state index >= 15 is 0 Å². The first-order valence-corrected chi connectivity index (χ1v) is 8.91. The van der Waals surface area contributed by atoms with Crippen LogP contribution in [-0.4, -0.2) is 9.97 Å². The zero-order chi connectivity index (χ0) is 17.8. The average molecular weight is 359 g/mol. The molecule has 26 heavy (non-hydrogen) atoms. The number of nitrogens with two attached hydrogens (primary N) is 1. The molecule has 126 valence electrons. The molecule has 0 saturated carbocycles. The third-order valence-electron chi connectivity index (χ3n) is 4.37. The van der Waals surface area contributed by atoms with Crippen LogP contribution in [0.1, 0.15) is 5.56 Å². The van der Waals surface area contributed by atoms with Crippen LogP contribution < -0.4 is 11.2 Å². The Morgan fingerprint density at radius 1 is 1.04 bits per heavy atom. The Kier molecular flexibility index (Phi) is 3.11. The fourth-order valence-electron chi connectivity index (χ4n) is 3.07. The van der Waals surface area contributed by atoms with Crippen molar-refractivity contribution in [2.75, 3.05) is 5.73 Å². The van der Waals surface area contributed by atoms with Gasteiger partial charge in [-0.1, -0.05) is 23.8 Å². The summed E-state index contributed by atoms with van der Waals surface area (Å²) in [6.45, 7) is 1.94. The number of hydrogen-bond donors (Lipinski definition) is 1. The third-order valence-corrected chi connectivity index (χ3v) is 5.44. The van der Waals surface area contributed by atoms with Gasteiger partial charge in [0.25, 0.3) is 0 Å². The number of rotatable bonds is 1. The van der Waals surface area contributed by atoms with E-state index in [4.69, 9.17) is 10.2 Å². The minimum Gasteiger partial charge on any atom is -0.437 e. The van der Waals surface area contributed by atoms with Gasteiger partial charge in [0.15, 0.2) is 0 Å². The number of aromatic nitrogens is 2. The van der Waals surface area contributed by atoms with E-state index in [2.05, 4.69) is 9.97 Å². The van der Waals surface area contributed by atoms with Crippen LogP contribution in [0.5, 0.6) is 0 Å². The molecule has 6 heteroatoms. The molecule has 0 amide bonds. The lowest BCUT2D eigenvalue weighted by molar-refractivity contribution is 0.645. The molecule has 5 rings (SSSR count). The Hall–Kier alpha value is -3.25. The van der Waals surface area contributed by atoms with E-state index in [0.717, 1.165) is 20.8 Å². The van der Waals surface area contributed by atoms with Gasteiger partial charge in [0, 0.05) is 0 Å². The molecule has 0 saturated heterocycles. The van der Waals surface area contributed by atoms with Crippen LogP contribution in [0, 0.1) is 6.92 Å². The van der Waals surface area contributed by atoms with E-state index in [-0.39, 0.29) is 11.1 Å². The normalized spacial score (nSPS) is 11.6. The summed E-state index contributed by atoms with van der Waals surface area (Å²) in [7, 11) is 0. The number of fused-ring (bicyclic) bond motifs is 3. The molecule has 0 unspecified atom stereocenters. The van der Waals surface area contributed by atoms with Gasteiger partial charge in [0.2, 0.25) is 11.1 Å². The highest BCUT2D eigenvalue weighted by Crippen LogP contribution is 2.34. The molecule has 2 aromatic carbocycles. The number of para-hydroxylation sites is 1. The molecule has 0 aliphatic heterocycles. The van der Waals surface area contributed by atoms with E-state index < -0.39 is 0 Å². The molecule has 3 aromatic heterocycles. The van der Waals surface area contributed by atoms with Crippen molar-refractivity contribution < 1.29 is 4.42 Å². The van der Waals surface area contributed by atoms with Gasteiger partial charge >= 0.3 is 0 Å². The highest BCUT2D eigenvalue weighted by molar-refractivity contribution is 7.21. The molecule has 5 aromatic rings. The first-order chi connectivity index (χ1) is 12.6. The minimum absolute atomic E-state index is 0.111. The second-order valence-corrected chi connectivity index (χ2v) is 7.22. The summed E-state index contributed by atoms with van der Waals surface area (Å²) in [4.78, 5) is 21.9. The predicted octanol–water partition coefficient (Wildman–Crippen LogP) is 4.51. The SMILES string of the molecule is Cc1ccc2oc3nc(N)c(-c4nc5ccccc5s4)cc3c(=O)c2c1. The van der Waals surface area contributed by atoms with E-state index in [0.29, 0.717) is 27.7 Å². The maximum absolute atomic E-state index is 12.9. The molecule has 0 fully saturated rings. The second-order valence-electron chi connectivity index (χ2n) is 6.19. The van der Waals surface area contributed by atoms with Crippen molar-refractivity contribution in [3.05, 3.63) is 64.3 Å². The Morgan fingerprint density at radius 3 is 2.73 bits per heavy atom. The smallest absolute Gasteiger partial charge is 0.232 e. The van der Waals surface area contributed by atoms with Gasteiger partial charge in [-0.05, 0) is 37.3 Å². The van der Waals surface area contributed by atoms with E-state index in [1.807, 2.05) is 43.3 Å². The van der Waals surface area contributed by atoms with Crippen molar-refractivity contribution >= 4 is 49.4 Å². The summed E-state index contributed by atoms with van der Waals surface area (Å²) in [5.41, 5.74) is 9.34. The molecular formula is C20H13N3O2S. The number of aryl methyl sites for hydroxylation is 1. The standard InChI is InChI=1S/C20H13N3O2S/c1-10-6-7-15-11(8-10)17(24)12-9-13(18(21)23-19(12)25-15)20-22-14-4-2-3-5-16(14)26-20/h2-9H,1H3,(H2,21,23). The monoisotopic (exact) mass is 359 g/mol. The fraction of sp³-hybridized carbons (Fsp3) is 0.0500. The molecular weight excluding hydrogens is 346 g/mol. The largest absolute Gasteiger partial charge is 0.437 e. The Labute approximate surface area is 151 Å². The van der Waals surface area contributed by atoms with Crippen molar-refractivity contribution in [2.24, 2.45) is 0 Å². The Balaban J connectivity index is 1.83. The van der Waals surface area contributed by atoms with Crippen LogP contribution in [0.4, 0.5) is 5.82 Å². The van der Waals surface area contributed by atoms with Crippen molar-refractivity contribution in [2.45, 2.75) is 6.92 Å². The van der Waals surface area contributed by atoms with E-state index in [1.54, 1.807) is 12.1 Å². The number of pyridine rings is 1. The van der Waals surface area contributed by atoms with Crippen LogP contribution in [0.2, 0.25) is 0 Å². The Morgan fingerprint density at radius 2 is 1.88 bits per heavy atom. The highest BCUT2D eigenvalue weighted by atomic mass is 32.1. The molecule has 0 radical (unpaired) electrons. The van der Waals surface area contributed by atoms with E-state index in [1.165, 1.54) is 11.3 Å². The average Bonchev–Trinajstić information content (AvgIpc) is 3.06. The van der Waals surface area contributed by atoms with Crippen LogP contribution >= 0.6 is 11.3 Å². The molecule has 5 nitrogen and oxygen atoms in total. The van der Waals surface area contributed by atoms with Gasteiger partial charge in [-0.15, -0.1) is 11.3 Å². The van der Waals surface area contributed by atoms with Gasteiger partial charge < -0.3 is 10.2 Å². The van der Waals surface area contributed by atoms with E-state index in [9.17, 15) is 4.79 Å². The number of anilines is 1. The molecule has 0 aliphatic rings. The maximum atomic E-state index is 12.9. The lowest BCUT2D eigenvalue weighted by Gasteiger charge is -2.05. The van der Waals surface area contributed by atoms with Crippen molar-refractivity contribution in [3.63, 3.8) is 0 Å². The molecule has 0 atom stereocenters. The quantitative estimate of drug-likeness (QED) is 0.445. The fourth-order valence-corrected chi connectivity index (χ4v) is 4.06. The number of thiazole rings is 1. The zero-order valence-electron chi connectivity index (χ0n) is 13.8. The number of benzene rings is 2. The number of hydrogen-bond acceptors (Lipinski definition) is 6. The summed E-state index contributed by atoms with van der Waals surface area (Å²) < 4.78 is 6.86. The summed E-state index contributed by atoms with van der Waals surface area (Å²) >= 11 is 1.52. The van der Waals surface area contributed by atoms with Crippen LogP contribution in [0.25, 0.3) is 42.9 Å². The van der Waals surface area contributed by atoms with Gasteiger partial charge in [0.05, 0.1) is 26.6 Å². The molecule has 0 spiro atoms. The van der Waals surface area contributed by atoms with Crippen molar-refractivity contribution in [1.82, 2.24) is 9.97 Å². The minimum atomic E-state index is -0.111. The summed E-state index contributed by atoms with van der Waals surface area (Å²) in [5.74, 6) is 0.297. The Bertz CT molecular complexity index is 1350. The second kappa shape index (κ2) is 5.37. The van der Waals surface area contributed by atoms with Crippen LogP contribution in [0.3, 0.4) is 0 Å². The predicted molar refractivity (Wildman–Crippen MR) is 106 cm³/mol. The lowest BCUT2D eigenvalue weighted by atomic mass is 10.1. The van der Waals surface area contributed by atoms with Crippen molar-refractivity contribution in [3.8, 4) is 10.6 Å². The topological polar surface area (TPSA) is 82.0 Å². The van der Waals surface area contributed by atoms with Crippen LogP contribution in [-0.2, 0) is 0 Å². The molecule has 3 heterocycles. The van der Waals surface area contributed by atoms with Crippen LogP contribution in [0.15, 0.2) is 57.7 Å². The maximum Gasteiger partial charge on any atom is 0.232 e. The number of nitrogen functional groups attached to an aromatic ring is 1. The zero-order valence-corrected chi connectivity index (χ0v) is 14.6. The summed E-state index contributed by atoms with van der Waals surface area (Å²) in [6, 6.07) is 15.1. The third kappa shape index (κ3) is 2.19. The van der Waals surface area contributed by atoms with Gasteiger partial charge in [-0.25, -0.2) is 4.98 Å².